The topological polar surface area (TPSA) is 64.6 Å². The smallest absolute Gasteiger partial charge is 0.244 e. The van der Waals surface area contributed by atoms with E-state index in [0.29, 0.717) is 5.75 Å². The van der Waals surface area contributed by atoms with Crippen molar-refractivity contribution >= 4 is 10.0 Å². The van der Waals surface area contributed by atoms with Gasteiger partial charge in [-0.2, -0.15) is 0 Å². The molecule has 0 fully saturated rings. The summed E-state index contributed by atoms with van der Waals surface area (Å²) in [6.07, 6.45) is 0. The van der Waals surface area contributed by atoms with Crippen molar-refractivity contribution in [1.82, 2.24) is 4.72 Å². The maximum absolute atomic E-state index is 12.5. The minimum atomic E-state index is -3.68. The van der Waals surface area contributed by atoms with Crippen molar-refractivity contribution < 1.29 is 17.9 Å². The number of rotatable bonds is 6. The summed E-state index contributed by atoms with van der Waals surface area (Å²) in [6.45, 7) is 4.24. The average Bonchev–Trinajstić information content (AvgIpc) is 2.55. The lowest BCUT2D eigenvalue weighted by Crippen LogP contribution is -2.23. The van der Waals surface area contributed by atoms with E-state index >= 15 is 0 Å². The van der Waals surface area contributed by atoms with Crippen LogP contribution in [0.5, 0.6) is 11.5 Å². The summed E-state index contributed by atoms with van der Waals surface area (Å²) < 4.78 is 37.9. The number of benzene rings is 2. The first kappa shape index (κ1) is 17.3. The van der Waals surface area contributed by atoms with Crippen molar-refractivity contribution in [2.24, 2.45) is 0 Å². The second-order valence-corrected chi connectivity index (χ2v) is 7.00. The fourth-order valence-electron chi connectivity index (χ4n) is 2.17. The molecule has 0 aliphatic heterocycles. The normalized spacial score (nSPS) is 11.3. The Hall–Kier alpha value is -2.05. The lowest BCUT2D eigenvalue weighted by molar-refractivity contribution is 0.386. The molecule has 0 saturated carbocycles. The molecule has 0 aliphatic rings. The number of hydrogen-bond acceptors (Lipinski definition) is 4. The summed E-state index contributed by atoms with van der Waals surface area (Å²) >= 11 is 0. The van der Waals surface area contributed by atoms with Crippen molar-refractivity contribution in [2.75, 3.05) is 14.2 Å². The first-order chi connectivity index (χ1) is 10.9. The summed E-state index contributed by atoms with van der Waals surface area (Å²) in [4.78, 5) is 0.0876. The van der Waals surface area contributed by atoms with Gasteiger partial charge in [0.15, 0.2) is 0 Å². The third-order valence-corrected chi connectivity index (χ3v) is 5.14. The maximum Gasteiger partial charge on any atom is 0.244 e. The number of nitrogens with one attached hydrogen (secondary N) is 1. The zero-order valence-corrected chi connectivity index (χ0v) is 14.5. The monoisotopic (exact) mass is 335 g/mol. The molecule has 2 aromatic rings. The second kappa shape index (κ2) is 7.02. The first-order valence-corrected chi connectivity index (χ1v) is 8.63. The second-order valence-electron chi connectivity index (χ2n) is 5.26. The molecule has 0 bridgehead atoms. The predicted octanol–water partition coefficient (Wildman–Crippen LogP) is 2.80. The summed E-state index contributed by atoms with van der Waals surface area (Å²) in [7, 11) is -0.737. The Bertz CT molecular complexity index is 800. The van der Waals surface area contributed by atoms with Gasteiger partial charge in [0, 0.05) is 12.6 Å². The van der Waals surface area contributed by atoms with E-state index in [-0.39, 0.29) is 17.2 Å². The van der Waals surface area contributed by atoms with Crippen molar-refractivity contribution in [3.05, 3.63) is 53.1 Å². The molecule has 0 aliphatic carbocycles. The number of sulfonamides is 1. The van der Waals surface area contributed by atoms with Crippen LogP contribution in [0.1, 0.15) is 16.7 Å². The van der Waals surface area contributed by atoms with Gasteiger partial charge in [0.25, 0.3) is 0 Å². The highest BCUT2D eigenvalue weighted by Crippen LogP contribution is 2.28. The highest BCUT2D eigenvalue weighted by Gasteiger charge is 2.19. The number of methoxy groups -OCH3 is 2. The predicted molar refractivity (Wildman–Crippen MR) is 89.5 cm³/mol. The van der Waals surface area contributed by atoms with E-state index in [9.17, 15) is 8.42 Å². The minimum absolute atomic E-state index is 0.0876. The van der Waals surface area contributed by atoms with Crippen LogP contribution in [0.2, 0.25) is 0 Å². The zero-order valence-electron chi connectivity index (χ0n) is 13.7. The first-order valence-electron chi connectivity index (χ1n) is 7.15. The average molecular weight is 335 g/mol. The lowest BCUT2D eigenvalue weighted by atomic mass is 10.1. The summed E-state index contributed by atoms with van der Waals surface area (Å²) in [6, 6.07) is 10.5. The van der Waals surface area contributed by atoms with Gasteiger partial charge >= 0.3 is 0 Å². The van der Waals surface area contributed by atoms with Crippen LogP contribution < -0.4 is 14.2 Å². The van der Waals surface area contributed by atoms with Crippen molar-refractivity contribution in [3.8, 4) is 11.5 Å². The molecule has 0 unspecified atom stereocenters. The van der Waals surface area contributed by atoms with Crippen LogP contribution in [-0.4, -0.2) is 22.6 Å². The molecule has 2 aromatic carbocycles. The quantitative estimate of drug-likeness (QED) is 0.882. The van der Waals surface area contributed by atoms with E-state index in [1.165, 1.54) is 25.8 Å². The fourth-order valence-corrected chi connectivity index (χ4v) is 3.33. The van der Waals surface area contributed by atoms with Gasteiger partial charge in [-0.25, -0.2) is 13.1 Å². The Balaban J connectivity index is 2.23. The molecule has 6 heteroatoms. The number of hydrogen-bond donors (Lipinski definition) is 1. The Labute approximate surface area is 137 Å². The van der Waals surface area contributed by atoms with Gasteiger partial charge in [-0.3, -0.25) is 0 Å². The Kier molecular flexibility index (Phi) is 5.28. The molecule has 124 valence electrons. The van der Waals surface area contributed by atoms with Crippen LogP contribution in [0.4, 0.5) is 0 Å². The summed E-state index contributed by atoms with van der Waals surface area (Å²) in [5.74, 6) is 0.784. The van der Waals surface area contributed by atoms with E-state index < -0.39 is 10.0 Å². The van der Waals surface area contributed by atoms with Crippen molar-refractivity contribution in [3.63, 3.8) is 0 Å². The van der Waals surface area contributed by atoms with Gasteiger partial charge in [0.05, 0.1) is 14.2 Å². The Morgan fingerprint density at radius 1 is 0.957 bits per heavy atom. The Morgan fingerprint density at radius 3 is 2.30 bits per heavy atom. The van der Waals surface area contributed by atoms with Gasteiger partial charge in [0.2, 0.25) is 10.0 Å². The molecular formula is C17H21NO4S. The number of aryl methyl sites for hydroxylation is 2. The molecule has 1 N–H and O–H groups in total. The van der Waals surface area contributed by atoms with Crippen LogP contribution in [0.15, 0.2) is 41.3 Å². The molecule has 2 rings (SSSR count). The van der Waals surface area contributed by atoms with Gasteiger partial charge in [-0.05, 0) is 42.7 Å². The summed E-state index contributed by atoms with van der Waals surface area (Å²) in [5.41, 5.74) is 3.21. The van der Waals surface area contributed by atoms with E-state index in [4.69, 9.17) is 9.47 Å². The molecule has 0 amide bonds. The van der Waals surface area contributed by atoms with Crippen LogP contribution in [0, 0.1) is 13.8 Å². The molecule has 0 heterocycles. The third kappa shape index (κ3) is 4.03. The van der Waals surface area contributed by atoms with Crippen LogP contribution in [0.3, 0.4) is 0 Å². The van der Waals surface area contributed by atoms with E-state index in [2.05, 4.69) is 4.72 Å². The molecule has 5 nitrogen and oxygen atoms in total. The lowest BCUT2D eigenvalue weighted by Gasteiger charge is -2.12. The molecule has 0 spiro atoms. The van der Waals surface area contributed by atoms with E-state index in [0.717, 1.165) is 11.1 Å². The van der Waals surface area contributed by atoms with Crippen molar-refractivity contribution in [1.29, 1.82) is 0 Å². The van der Waals surface area contributed by atoms with E-state index in [1.54, 1.807) is 12.1 Å². The number of ether oxygens (including phenoxy) is 2. The summed E-state index contributed by atoms with van der Waals surface area (Å²) in [5, 5.41) is 0. The van der Waals surface area contributed by atoms with Gasteiger partial charge in [0.1, 0.15) is 16.4 Å². The van der Waals surface area contributed by atoms with Crippen molar-refractivity contribution in [2.45, 2.75) is 25.3 Å². The van der Waals surface area contributed by atoms with Crippen LogP contribution in [0.25, 0.3) is 0 Å². The maximum atomic E-state index is 12.5. The van der Waals surface area contributed by atoms with E-state index in [1.807, 2.05) is 32.0 Å². The third-order valence-electron chi connectivity index (χ3n) is 3.70. The molecule has 0 saturated heterocycles. The standard InChI is InChI=1S/C17H21NO4S/c1-12-5-6-14(9-13(12)2)11-18-23(19,20)17-8-7-15(21-3)10-16(17)22-4/h5-10,18H,11H2,1-4H3. The highest BCUT2D eigenvalue weighted by molar-refractivity contribution is 7.89. The molecular weight excluding hydrogens is 314 g/mol. The zero-order chi connectivity index (χ0) is 17.0. The molecule has 0 aromatic heterocycles. The van der Waals surface area contributed by atoms with Gasteiger partial charge in [-0.15, -0.1) is 0 Å². The largest absolute Gasteiger partial charge is 0.497 e. The van der Waals surface area contributed by atoms with Crippen LogP contribution >= 0.6 is 0 Å². The molecule has 0 atom stereocenters. The fraction of sp³-hybridized carbons (Fsp3) is 0.294. The van der Waals surface area contributed by atoms with Crippen LogP contribution in [-0.2, 0) is 16.6 Å². The molecule has 23 heavy (non-hydrogen) atoms. The highest BCUT2D eigenvalue weighted by atomic mass is 32.2. The Morgan fingerprint density at radius 2 is 1.70 bits per heavy atom. The molecule has 0 radical (unpaired) electrons. The van der Waals surface area contributed by atoms with Gasteiger partial charge < -0.3 is 9.47 Å². The SMILES string of the molecule is COc1ccc(S(=O)(=O)NCc2ccc(C)c(C)c2)c(OC)c1. The minimum Gasteiger partial charge on any atom is -0.497 e. The van der Waals surface area contributed by atoms with Gasteiger partial charge in [-0.1, -0.05) is 18.2 Å².